The van der Waals surface area contributed by atoms with Gasteiger partial charge in [-0.3, -0.25) is 0 Å². The van der Waals surface area contributed by atoms with Gasteiger partial charge in [0.1, 0.15) is 0 Å². The summed E-state index contributed by atoms with van der Waals surface area (Å²) >= 11 is 0. The molecule has 88 valence electrons. The molecule has 2 N–H and O–H groups in total. The number of nitrogens with two attached hydrogens (primary N) is 1. The fraction of sp³-hybridized carbons (Fsp3) is 0.571. The summed E-state index contributed by atoms with van der Waals surface area (Å²) in [6.07, 6.45) is 0. The third-order valence-corrected chi connectivity index (χ3v) is 4.05. The van der Waals surface area contributed by atoms with Crippen LogP contribution in [-0.4, -0.2) is 20.6 Å². The van der Waals surface area contributed by atoms with Crippen LogP contribution >= 0.6 is 0 Å². The summed E-state index contributed by atoms with van der Waals surface area (Å²) in [6, 6.07) is 8.82. The van der Waals surface area contributed by atoms with Crippen LogP contribution < -0.4 is 10.6 Å². The van der Waals surface area contributed by atoms with Gasteiger partial charge in [-0.25, -0.2) is 0 Å². The lowest BCUT2D eigenvalue weighted by Gasteiger charge is -2.14. The lowest BCUT2D eigenvalue weighted by molar-refractivity contribution is 0.558. The van der Waals surface area contributed by atoms with E-state index in [0.717, 1.165) is 6.54 Å². The predicted octanol–water partition coefficient (Wildman–Crippen LogP) is 2.45. The van der Waals surface area contributed by atoms with E-state index in [9.17, 15) is 0 Å². The summed E-state index contributed by atoms with van der Waals surface area (Å²) in [5, 5.41) is 0. The molecule has 0 aliphatic heterocycles. The van der Waals surface area contributed by atoms with Crippen molar-refractivity contribution in [3.8, 4) is 0 Å². The molecule has 0 aromatic heterocycles. The standard InChI is InChI=1S/C14H22N2/c1-14(2)12(9-15)13(14)10-6-5-7-11(8-10)16(3)4/h5-8,12-13H,9,15H2,1-4H3/t12-,13-/m1/s1. The molecule has 1 aliphatic carbocycles. The van der Waals surface area contributed by atoms with Gasteiger partial charge in [-0.15, -0.1) is 0 Å². The van der Waals surface area contributed by atoms with E-state index in [4.69, 9.17) is 5.73 Å². The van der Waals surface area contributed by atoms with Crippen LogP contribution in [0.5, 0.6) is 0 Å². The first-order valence-electron chi connectivity index (χ1n) is 5.96. The third-order valence-electron chi connectivity index (χ3n) is 4.05. The lowest BCUT2D eigenvalue weighted by Crippen LogP contribution is -2.08. The second-order valence-electron chi connectivity index (χ2n) is 5.63. The van der Waals surface area contributed by atoms with Crippen molar-refractivity contribution in [1.29, 1.82) is 0 Å². The van der Waals surface area contributed by atoms with E-state index in [2.05, 4.69) is 57.1 Å². The van der Waals surface area contributed by atoms with Crippen molar-refractivity contribution >= 4 is 5.69 Å². The van der Waals surface area contributed by atoms with Crippen molar-refractivity contribution in [3.63, 3.8) is 0 Å². The van der Waals surface area contributed by atoms with Gasteiger partial charge in [-0.2, -0.15) is 0 Å². The first kappa shape index (κ1) is 11.5. The smallest absolute Gasteiger partial charge is 0.0363 e. The minimum atomic E-state index is 0.375. The Kier molecular flexibility index (Phi) is 2.70. The number of nitrogens with zero attached hydrogens (tertiary/aromatic N) is 1. The molecule has 2 atom stereocenters. The van der Waals surface area contributed by atoms with Crippen LogP contribution in [-0.2, 0) is 0 Å². The summed E-state index contributed by atoms with van der Waals surface area (Å²) in [7, 11) is 4.16. The number of rotatable bonds is 3. The van der Waals surface area contributed by atoms with E-state index < -0.39 is 0 Å². The molecule has 1 saturated carbocycles. The quantitative estimate of drug-likeness (QED) is 0.844. The highest BCUT2D eigenvalue weighted by molar-refractivity contribution is 5.49. The number of hydrogen-bond donors (Lipinski definition) is 1. The average molecular weight is 218 g/mol. The Morgan fingerprint density at radius 3 is 2.50 bits per heavy atom. The van der Waals surface area contributed by atoms with E-state index in [1.54, 1.807) is 0 Å². The van der Waals surface area contributed by atoms with Gasteiger partial charge in [0.25, 0.3) is 0 Å². The zero-order valence-corrected chi connectivity index (χ0v) is 10.7. The van der Waals surface area contributed by atoms with Gasteiger partial charge in [0, 0.05) is 19.8 Å². The topological polar surface area (TPSA) is 29.3 Å². The van der Waals surface area contributed by atoms with Crippen molar-refractivity contribution in [1.82, 2.24) is 0 Å². The van der Waals surface area contributed by atoms with Crippen molar-refractivity contribution in [2.75, 3.05) is 25.5 Å². The molecule has 0 radical (unpaired) electrons. The van der Waals surface area contributed by atoms with E-state index in [0.29, 0.717) is 17.3 Å². The molecule has 1 aromatic carbocycles. The van der Waals surface area contributed by atoms with Gasteiger partial charge in [0.15, 0.2) is 0 Å². The number of hydrogen-bond acceptors (Lipinski definition) is 2. The maximum absolute atomic E-state index is 5.82. The van der Waals surface area contributed by atoms with Gasteiger partial charge in [-0.1, -0.05) is 26.0 Å². The normalized spacial score (nSPS) is 26.6. The first-order valence-corrected chi connectivity index (χ1v) is 5.96. The molecule has 1 fully saturated rings. The lowest BCUT2D eigenvalue weighted by atomic mass is 10.0. The molecule has 2 nitrogen and oxygen atoms in total. The fourth-order valence-corrected chi connectivity index (χ4v) is 2.84. The fourth-order valence-electron chi connectivity index (χ4n) is 2.84. The summed E-state index contributed by atoms with van der Waals surface area (Å²) in [5.74, 6) is 1.28. The van der Waals surface area contributed by atoms with Gasteiger partial charge in [0.2, 0.25) is 0 Å². The Bertz CT molecular complexity index is 382. The molecule has 0 bridgehead atoms. The molecule has 0 saturated heterocycles. The average Bonchev–Trinajstić information content (AvgIpc) is 2.80. The van der Waals surface area contributed by atoms with Crippen LogP contribution in [0.3, 0.4) is 0 Å². The highest BCUT2D eigenvalue weighted by Crippen LogP contribution is 2.63. The molecule has 2 rings (SSSR count). The summed E-state index contributed by atoms with van der Waals surface area (Å²) in [4.78, 5) is 2.15. The molecule has 0 unspecified atom stereocenters. The second-order valence-corrected chi connectivity index (χ2v) is 5.63. The van der Waals surface area contributed by atoms with Crippen molar-refractivity contribution in [3.05, 3.63) is 29.8 Å². The Morgan fingerprint density at radius 1 is 1.31 bits per heavy atom. The van der Waals surface area contributed by atoms with Crippen LogP contribution in [0, 0.1) is 11.3 Å². The molecule has 0 amide bonds. The first-order chi connectivity index (χ1) is 7.48. The highest BCUT2D eigenvalue weighted by Gasteiger charge is 2.57. The largest absolute Gasteiger partial charge is 0.378 e. The SMILES string of the molecule is CN(C)c1cccc([C@@H]2[C@@H](CN)C2(C)C)c1. The second kappa shape index (κ2) is 3.77. The van der Waals surface area contributed by atoms with Crippen LogP contribution in [0.2, 0.25) is 0 Å². The van der Waals surface area contributed by atoms with Crippen LogP contribution in [0.15, 0.2) is 24.3 Å². The molecule has 1 aromatic rings. The van der Waals surface area contributed by atoms with Crippen molar-refractivity contribution < 1.29 is 0 Å². The maximum Gasteiger partial charge on any atom is 0.0363 e. The van der Waals surface area contributed by atoms with Crippen LogP contribution in [0.25, 0.3) is 0 Å². The number of benzene rings is 1. The van der Waals surface area contributed by atoms with Crippen molar-refractivity contribution in [2.24, 2.45) is 17.1 Å². The molecular formula is C14H22N2. The Labute approximate surface area is 98.4 Å². The number of anilines is 1. The summed E-state index contributed by atoms with van der Waals surface area (Å²) < 4.78 is 0. The Balaban J connectivity index is 2.26. The molecule has 1 aliphatic rings. The molecule has 0 spiro atoms. The molecule has 2 heteroatoms. The minimum absolute atomic E-state index is 0.375. The summed E-state index contributed by atoms with van der Waals surface area (Å²) in [6.45, 7) is 5.43. The zero-order valence-electron chi connectivity index (χ0n) is 10.7. The van der Waals surface area contributed by atoms with Gasteiger partial charge < -0.3 is 10.6 Å². The maximum atomic E-state index is 5.82. The highest BCUT2D eigenvalue weighted by atomic mass is 15.1. The van der Waals surface area contributed by atoms with Crippen molar-refractivity contribution in [2.45, 2.75) is 19.8 Å². The van der Waals surface area contributed by atoms with E-state index in [1.165, 1.54) is 11.3 Å². The van der Waals surface area contributed by atoms with Gasteiger partial charge in [0.05, 0.1) is 0 Å². The Morgan fingerprint density at radius 2 is 2.00 bits per heavy atom. The van der Waals surface area contributed by atoms with Crippen LogP contribution in [0.4, 0.5) is 5.69 Å². The van der Waals surface area contributed by atoms with E-state index in [1.807, 2.05) is 0 Å². The third kappa shape index (κ3) is 1.71. The van der Waals surface area contributed by atoms with E-state index >= 15 is 0 Å². The minimum Gasteiger partial charge on any atom is -0.378 e. The summed E-state index contributed by atoms with van der Waals surface area (Å²) in [5.41, 5.74) is 8.91. The monoisotopic (exact) mass is 218 g/mol. The van der Waals surface area contributed by atoms with Gasteiger partial charge in [-0.05, 0) is 41.5 Å². The zero-order chi connectivity index (χ0) is 11.9. The van der Waals surface area contributed by atoms with Gasteiger partial charge >= 0.3 is 0 Å². The molecule has 0 heterocycles. The van der Waals surface area contributed by atoms with Crippen LogP contribution in [0.1, 0.15) is 25.3 Å². The predicted molar refractivity (Wildman–Crippen MR) is 69.8 cm³/mol. The molecular weight excluding hydrogens is 196 g/mol. The molecule has 16 heavy (non-hydrogen) atoms. The Hall–Kier alpha value is -1.02. The van der Waals surface area contributed by atoms with E-state index in [-0.39, 0.29) is 0 Å².